The Kier molecular flexibility index (Phi) is 5.58. The number of nitrogens with two attached hydrogens (primary N) is 1. The van der Waals surface area contributed by atoms with Crippen molar-refractivity contribution in [1.29, 1.82) is 0 Å². The fraction of sp³-hybridized carbons (Fsp3) is 0.353. The third-order valence-electron chi connectivity index (χ3n) is 4.43. The molecule has 2 N–H and O–H groups in total. The standard InChI is InChI=1S/C17H17NO10S2/c1-29(22,23)27-13-6-10-14(16(13)28-30(2,24)25)8(7-26-17(18)21)5-9-11(19)3-4-12(20)15(9)10/h3-5,13,16H,6-7H2,1-2H3,(H2,18,21). The first-order chi connectivity index (χ1) is 13.8. The van der Waals surface area contributed by atoms with Crippen molar-refractivity contribution < 1.29 is 44.3 Å². The number of fused-ring (bicyclic) bond motifs is 3. The normalized spacial score (nSPS) is 20.7. The van der Waals surface area contributed by atoms with E-state index >= 15 is 0 Å². The average Bonchev–Trinajstić information content (AvgIpc) is 2.90. The van der Waals surface area contributed by atoms with Gasteiger partial charge in [0.15, 0.2) is 11.6 Å². The lowest BCUT2D eigenvalue weighted by atomic mass is 9.86. The lowest BCUT2D eigenvalue weighted by Crippen LogP contribution is -2.26. The van der Waals surface area contributed by atoms with Crippen LogP contribution in [0.4, 0.5) is 4.79 Å². The van der Waals surface area contributed by atoms with Crippen LogP contribution >= 0.6 is 0 Å². The number of rotatable bonds is 6. The number of amides is 1. The molecule has 0 fully saturated rings. The van der Waals surface area contributed by atoms with Crippen LogP contribution in [0.2, 0.25) is 0 Å². The summed E-state index contributed by atoms with van der Waals surface area (Å²) in [7, 11) is -8.15. The summed E-state index contributed by atoms with van der Waals surface area (Å²) in [5, 5.41) is 0. The van der Waals surface area contributed by atoms with Gasteiger partial charge in [0.2, 0.25) is 0 Å². The van der Waals surface area contributed by atoms with Crippen LogP contribution in [0.25, 0.3) is 0 Å². The molecule has 2 unspecified atom stereocenters. The van der Waals surface area contributed by atoms with E-state index in [1.165, 1.54) is 6.07 Å². The molecule has 0 saturated carbocycles. The molecule has 1 amide bonds. The van der Waals surface area contributed by atoms with Gasteiger partial charge in [0.25, 0.3) is 20.2 Å². The zero-order valence-electron chi connectivity index (χ0n) is 15.8. The van der Waals surface area contributed by atoms with Gasteiger partial charge in [0, 0.05) is 17.5 Å². The van der Waals surface area contributed by atoms with E-state index in [-0.39, 0.29) is 34.2 Å². The number of primary amides is 1. The molecule has 0 radical (unpaired) electrons. The second kappa shape index (κ2) is 7.58. The number of ether oxygens (including phenoxy) is 1. The van der Waals surface area contributed by atoms with E-state index in [1.54, 1.807) is 0 Å². The van der Waals surface area contributed by atoms with Gasteiger partial charge in [-0.3, -0.25) is 18.0 Å². The van der Waals surface area contributed by atoms with E-state index in [0.717, 1.165) is 24.7 Å². The van der Waals surface area contributed by atoms with Crippen LogP contribution in [0.3, 0.4) is 0 Å². The second-order valence-corrected chi connectivity index (χ2v) is 9.99. The summed E-state index contributed by atoms with van der Waals surface area (Å²) in [6, 6.07) is 1.27. The van der Waals surface area contributed by atoms with Crippen molar-refractivity contribution in [2.45, 2.75) is 25.2 Å². The molecule has 13 heteroatoms. The third kappa shape index (κ3) is 4.59. The van der Waals surface area contributed by atoms with Crippen LogP contribution < -0.4 is 5.73 Å². The first kappa shape index (κ1) is 22.1. The van der Waals surface area contributed by atoms with Crippen LogP contribution in [0.5, 0.6) is 0 Å². The largest absolute Gasteiger partial charge is 0.445 e. The Morgan fingerprint density at radius 1 is 1.07 bits per heavy atom. The van der Waals surface area contributed by atoms with Gasteiger partial charge >= 0.3 is 6.09 Å². The molecule has 0 saturated heterocycles. The molecule has 30 heavy (non-hydrogen) atoms. The maximum absolute atomic E-state index is 12.5. The van der Waals surface area contributed by atoms with Crippen molar-refractivity contribution in [2.24, 2.45) is 5.73 Å². The summed E-state index contributed by atoms with van der Waals surface area (Å²) >= 11 is 0. The fourth-order valence-corrected chi connectivity index (χ4v) is 4.77. The highest BCUT2D eigenvalue weighted by Crippen LogP contribution is 2.44. The smallest absolute Gasteiger partial charge is 0.404 e. The molecule has 1 aromatic rings. The van der Waals surface area contributed by atoms with Gasteiger partial charge in [0.1, 0.15) is 18.8 Å². The zero-order chi connectivity index (χ0) is 22.4. The topological polar surface area (TPSA) is 173 Å². The Bertz CT molecular complexity index is 1200. The van der Waals surface area contributed by atoms with E-state index in [4.69, 9.17) is 18.8 Å². The van der Waals surface area contributed by atoms with Crippen molar-refractivity contribution in [1.82, 2.24) is 0 Å². The summed E-state index contributed by atoms with van der Waals surface area (Å²) in [4.78, 5) is 35.9. The van der Waals surface area contributed by atoms with Gasteiger partial charge in [0.05, 0.1) is 12.5 Å². The molecule has 11 nitrogen and oxygen atoms in total. The number of carbonyl (C=O) groups excluding carboxylic acids is 3. The van der Waals surface area contributed by atoms with E-state index in [2.05, 4.69) is 0 Å². The summed E-state index contributed by atoms with van der Waals surface area (Å²) < 4.78 is 61.9. The first-order valence-corrected chi connectivity index (χ1v) is 12.0. The Hall–Kier alpha value is -2.61. The molecule has 0 spiro atoms. The lowest BCUT2D eigenvalue weighted by Gasteiger charge is -2.22. The predicted octanol–water partition coefficient (Wildman–Crippen LogP) is 0.135. The number of carbonyl (C=O) groups is 3. The SMILES string of the molecule is CS(=O)(=O)OC1Cc2c3c(cc(COC(N)=O)c2C1OS(C)(=O)=O)C(=O)C=CC3=O. The van der Waals surface area contributed by atoms with Crippen molar-refractivity contribution in [3.05, 3.63) is 46.0 Å². The molecule has 2 aliphatic rings. The van der Waals surface area contributed by atoms with Crippen LogP contribution in [0.1, 0.15) is 43.5 Å². The van der Waals surface area contributed by atoms with Crippen LogP contribution in [-0.4, -0.2) is 53.1 Å². The molecule has 0 aliphatic heterocycles. The van der Waals surface area contributed by atoms with E-state index in [1.807, 2.05) is 0 Å². The minimum atomic E-state index is -4.11. The van der Waals surface area contributed by atoms with E-state index in [0.29, 0.717) is 0 Å². The minimum Gasteiger partial charge on any atom is -0.445 e. The van der Waals surface area contributed by atoms with Gasteiger partial charge in [-0.25, -0.2) is 4.79 Å². The molecular weight excluding hydrogens is 442 g/mol. The number of ketones is 2. The Morgan fingerprint density at radius 3 is 2.23 bits per heavy atom. The van der Waals surface area contributed by atoms with Crippen molar-refractivity contribution in [3.63, 3.8) is 0 Å². The van der Waals surface area contributed by atoms with Gasteiger partial charge in [-0.1, -0.05) is 0 Å². The first-order valence-electron chi connectivity index (χ1n) is 8.41. The van der Waals surface area contributed by atoms with E-state index < -0.39 is 56.7 Å². The highest BCUT2D eigenvalue weighted by Gasteiger charge is 2.44. The quantitative estimate of drug-likeness (QED) is 0.576. The molecule has 0 aromatic heterocycles. The molecule has 1 aromatic carbocycles. The molecule has 2 atom stereocenters. The van der Waals surface area contributed by atoms with Gasteiger partial charge in [-0.05, 0) is 34.9 Å². The summed E-state index contributed by atoms with van der Waals surface area (Å²) in [6.45, 7) is -0.467. The molecule has 162 valence electrons. The summed E-state index contributed by atoms with van der Waals surface area (Å²) in [6.07, 6.45) is -0.502. The Balaban J connectivity index is 2.25. The molecule has 0 bridgehead atoms. The summed E-state index contributed by atoms with van der Waals surface area (Å²) in [5.41, 5.74) is 5.39. The molecule has 3 rings (SSSR count). The Labute approximate surface area is 172 Å². The van der Waals surface area contributed by atoms with Crippen molar-refractivity contribution in [2.75, 3.05) is 12.5 Å². The van der Waals surface area contributed by atoms with Gasteiger partial charge in [-0.15, -0.1) is 0 Å². The highest BCUT2D eigenvalue weighted by atomic mass is 32.2. The second-order valence-electron chi connectivity index (χ2n) is 6.78. The van der Waals surface area contributed by atoms with Crippen molar-refractivity contribution >= 4 is 37.9 Å². The predicted molar refractivity (Wildman–Crippen MR) is 101 cm³/mol. The number of hydrogen-bond donors (Lipinski definition) is 1. The van der Waals surface area contributed by atoms with Gasteiger partial charge < -0.3 is 10.5 Å². The van der Waals surface area contributed by atoms with Gasteiger partial charge in [-0.2, -0.15) is 16.8 Å². The van der Waals surface area contributed by atoms with E-state index in [9.17, 15) is 31.2 Å². The minimum absolute atomic E-state index is 0.00225. The third-order valence-corrected chi connectivity index (χ3v) is 5.59. The number of hydrogen-bond acceptors (Lipinski definition) is 10. The molecule has 0 heterocycles. The van der Waals surface area contributed by atoms with Crippen LogP contribution in [0, 0.1) is 0 Å². The average molecular weight is 459 g/mol. The number of allylic oxidation sites excluding steroid dienone is 2. The maximum Gasteiger partial charge on any atom is 0.404 e. The zero-order valence-corrected chi connectivity index (χ0v) is 17.4. The van der Waals surface area contributed by atoms with Crippen LogP contribution in [0.15, 0.2) is 18.2 Å². The molecule has 2 aliphatic carbocycles. The maximum atomic E-state index is 12.5. The summed E-state index contributed by atoms with van der Waals surface area (Å²) in [5.74, 6) is -1.03. The fourth-order valence-electron chi connectivity index (χ4n) is 3.55. The Morgan fingerprint density at radius 2 is 1.67 bits per heavy atom. The number of benzene rings is 1. The molecular formula is C17H17NO10S2. The lowest BCUT2D eigenvalue weighted by molar-refractivity contribution is 0.0764. The van der Waals surface area contributed by atoms with Crippen LogP contribution in [-0.2, 0) is 46.4 Å². The monoisotopic (exact) mass is 459 g/mol. The highest BCUT2D eigenvalue weighted by molar-refractivity contribution is 7.86. The van der Waals surface area contributed by atoms with Crippen molar-refractivity contribution in [3.8, 4) is 0 Å².